The van der Waals surface area contributed by atoms with E-state index in [-0.39, 0.29) is 11.7 Å². The highest BCUT2D eigenvalue weighted by atomic mass is 35.5. The van der Waals surface area contributed by atoms with Gasteiger partial charge in [-0.25, -0.2) is 4.79 Å². The van der Waals surface area contributed by atoms with Gasteiger partial charge in [0.2, 0.25) is 0 Å². The number of amides is 3. The number of hydrogen-bond donors (Lipinski definition) is 4. The van der Waals surface area contributed by atoms with E-state index in [0.29, 0.717) is 27.5 Å². The van der Waals surface area contributed by atoms with E-state index in [0.717, 1.165) is 5.56 Å². The molecule has 1 heterocycles. The molecule has 0 saturated carbocycles. The van der Waals surface area contributed by atoms with Crippen molar-refractivity contribution in [2.24, 2.45) is 0 Å². The van der Waals surface area contributed by atoms with Crippen LogP contribution >= 0.6 is 11.6 Å². The molecule has 7 heteroatoms. The molecule has 3 rings (SSSR count). The Morgan fingerprint density at radius 3 is 2.54 bits per heavy atom. The predicted octanol–water partition coefficient (Wildman–Crippen LogP) is 3.62. The van der Waals surface area contributed by atoms with Gasteiger partial charge in [-0.15, -0.1) is 0 Å². The van der Waals surface area contributed by atoms with Crippen LogP contribution in [-0.2, 0) is 4.79 Å². The summed E-state index contributed by atoms with van der Waals surface area (Å²) in [7, 11) is 0. The van der Waals surface area contributed by atoms with Gasteiger partial charge in [0.15, 0.2) is 0 Å². The molecule has 1 aliphatic heterocycles. The molecule has 0 aliphatic carbocycles. The normalized spacial score (nSPS) is 16.7. The van der Waals surface area contributed by atoms with E-state index >= 15 is 0 Å². The fraction of sp³-hybridized carbons (Fsp3) is 0.158. The topological polar surface area (TPSA) is 90.5 Å². The second-order valence-electron chi connectivity index (χ2n) is 6.08. The molecule has 0 saturated heterocycles. The zero-order valence-corrected chi connectivity index (χ0v) is 15.0. The second-order valence-corrected chi connectivity index (χ2v) is 6.51. The number of rotatable bonds is 3. The van der Waals surface area contributed by atoms with Crippen LogP contribution in [0, 0.1) is 6.92 Å². The van der Waals surface area contributed by atoms with Crippen molar-refractivity contribution in [3.63, 3.8) is 0 Å². The van der Waals surface area contributed by atoms with E-state index in [2.05, 4.69) is 16.0 Å². The van der Waals surface area contributed by atoms with Crippen LogP contribution in [0.25, 0.3) is 0 Å². The first-order valence-corrected chi connectivity index (χ1v) is 8.37. The minimum Gasteiger partial charge on any atom is -0.508 e. The second kappa shape index (κ2) is 7.09. The van der Waals surface area contributed by atoms with Crippen molar-refractivity contribution >= 4 is 29.2 Å². The molecule has 134 valence electrons. The number of hydrogen-bond acceptors (Lipinski definition) is 3. The molecule has 3 amide bonds. The summed E-state index contributed by atoms with van der Waals surface area (Å²) in [4.78, 5) is 24.8. The van der Waals surface area contributed by atoms with Crippen molar-refractivity contribution in [2.45, 2.75) is 19.9 Å². The zero-order valence-electron chi connectivity index (χ0n) is 14.3. The molecule has 2 aromatic carbocycles. The molecule has 26 heavy (non-hydrogen) atoms. The van der Waals surface area contributed by atoms with Crippen LogP contribution < -0.4 is 16.0 Å². The van der Waals surface area contributed by atoms with E-state index < -0.39 is 12.1 Å². The van der Waals surface area contributed by atoms with Crippen molar-refractivity contribution in [1.29, 1.82) is 0 Å². The molecule has 0 bridgehead atoms. The number of benzene rings is 2. The Morgan fingerprint density at radius 1 is 1.15 bits per heavy atom. The molecule has 0 radical (unpaired) electrons. The highest BCUT2D eigenvalue weighted by Gasteiger charge is 2.31. The average molecular weight is 372 g/mol. The van der Waals surface area contributed by atoms with Crippen LogP contribution in [0.4, 0.5) is 10.5 Å². The molecule has 4 N–H and O–H groups in total. The van der Waals surface area contributed by atoms with Gasteiger partial charge in [0.25, 0.3) is 5.91 Å². The zero-order chi connectivity index (χ0) is 18.8. The molecular formula is C19H18ClN3O3. The molecule has 0 spiro atoms. The smallest absolute Gasteiger partial charge is 0.319 e. The number of aryl methyl sites for hydroxylation is 1. The quantitative estimate of drug-likeness (QED) is 0.664. The third kappa shape index (κ3) is 3.65. The van der Waals surface area contributed by atoms with Crippen LogP contribution in [0.3, 0.4) is 0 Å². The summed E-state index contributed by atoms with van der Waals surface area (Å²) in [6.07, 6.45) is 0. The molecule has 1 unspecified atom stereocenters. The van der Waals surface area contributed by atoms with Crippen molar-refractivity contribution in [2.75, 3.05) is 5.32 Å². The van der Waals surface area contributed by atoms with Gasteiger partial charge < -0.3 is 21.1 Å². The lowest BCUT2D eigenvalue weighted by Crippen LogP contribution is -2.46. The number of halogens is 1. The Kier molecular flexibility index (Phi) is 4.86. The third-order valence-electron chi connectivity index (χ3n) is 4.19. The van der Waals surface area contributed by atoms with E-state index in [9.17, 15) is 14.7 Å². The monoisotopic (exact) mass is 371 g/mol. The maximum Gasteiger partial charge on any atom is 0.319 e. The van der Waals surface area contributed by atoms with Gasteiger partial charge in [0.05, 0.1) is 11.6 Å². The number of phenols is 1. The Labute approximate surface area is 155 Å². The Balaban J connectivity index is 1.96. The SMILES string of the molecule is CC1=C(C(=O)Nc2cc(Cl)ccc2C)C(c2ccc(O)cc2)NC(=O)N1. The largest absolute Gasteiger partial charge is 0.508 e. The van der Waals surface area contributed by atoms with Gasteiger partial charge in [0, 0.05) is 16.4 Å². The van der Waals surface area contributed by atoms with E-state index in [1.54, 1.807) is 31.2 Å². The summed E-state index contributed by atoms with van der Waals surface area (Å²) in [5.41, 5.74) is 3.00. The van der Waals surface area contributed by atoms with Crippen LogP contribution in [0.1, 0.15) is 24.1 Å². The van der Waals surface area contributed by atoms with Crippen LogP contribution in [0.5, 0.6) is 5.75 Å². The Hall–Kier alpha value is -2.99. The molecule has 2 aromatic rings. The molecule has 0 aromatic heterocycles. The van der Waals surface area contributed by atoms with Crippen molar-refractivity contribution in [1.82, 2.24) is 10.6 Å². The summed E-state index contributed by atoms with van der Waals surface area (Å²) in [5, 5.41) is 18.2. The molecular weight excluding hydrogens is 354 g/mol. The summed E-state index contributed by atoms with van der Waals surface area (Å²) in [6.45, 7) is 3.54. The lowest BCUT2D eigenvalue weighted by molar-refractivity contribution is -0.113. The first-order chi connectivity index (χ1) is 12.3. The number of nitrogens with one attached hydrogen (secondary N) is 3. The molecule has 1 atom stereocenters. The van der Waals surface area contributed by atoms with Crippen LogP contribution in [0.15, 0.2) is 53.7 Å². The lowest BCUT2D eigenvalue weighted by Gasteiger charge is -2.28. The summed E-state index contributed by atoms with van der Waals surface area (Å²) >= 11 is 6.02. The van der Waals surface area contributed by atoms with Crippen LogP contribution in [0.2, 0.25) is 5.02 Å². The highest BCUT2D eigenvalue weighted by molar-refractivity contribution is 6.31. The standard InChI is InChI=1S/C19H18ClN3O3/c1-10-3-6-13(20)9-15(10)22-18(25)16-11(2)21-19(26)23-17(16)12-4-7-14(24)8-5-12/h3-9,17,24H,1-2H3,(H,22,25)(H2,21,23,26). The molecule has 6 nitrogen and oxygen atoms in total. The minimum absolute atomic E-state index is 0.107. The van der Waals surface area contributed by atoms with Gasteiger partial charge in [-0.3, -0.25) is 4.79 Å². The third-order valence-corrected chi connectivity index (χ3v) is 4.42. The highest BCUT2D eigenvalue weighted by Crippen LogP contribution is 2.29. The first-order valence-electron chi connectivity index (χ1n) is 8.00. The maximum atomic E-state index is 12.9. The van der Waals surface area contributed by atoms with Crippen molar-refractivity contribution in [3.8, 4) is 5.75 Å². The van der Waals surface area contributed by atoms with E-state index in [1.807, 2.05) is 13.0 Å². The van der Waals surface area contributed by atoms with E-state index in [4.69, 9.17) is 11.6 Å². The van der Waals surface area contributed by atoms with Gasteiger partial charge >= 0.3 is 6.03 Å². The summed E-state index contributed by atoms with van der Waals surface area (Å²) in [6, 6.07) is 10.6. The van der Waals surface area contributed by atoms with Crippen molar-refractivity contribution in [3.05, 3.63) is 69.9 Å². The van der Waals surface area contributed by atoms with Crippen molar-refractivity contribution < 1.29 is 14.7 Å². The van der Waals surface area contributed by atoms with Gasteiger partial charge in [-0.2, -0.15) is 0 Å². The fourth-order valence-corrected chi connectivity index (χ4v) is 3.00. The lowest BCUT2D eigenvalue weighted by atomic mass is 9.94. The Morgan fingerprint density at radius 2 is 1.85 bits per heavy atom. The van der Waals surface area contributed by atoms with Gasteiger partial charge in [-0.1, -0.05) is 29.8 Å². The predicted molar refractivity (Wildman–Crippen MR) is 100 cm³/mol. The molecule has 1 aliphatic rings. The number of aromatic hydroxyl groups is 1. The summed E-state index contributed by atoms with van der Waals surface area (Å²) in [5.74, 6) is -0.242. The Bertz CT molecular complexity index is 907. The number of anilines is 1. The number of allylic oxidation sites excluding steroid dienone is 1. The number of carbonyl (C=O) groups excluding carboxylic acids is 2. The maximum absolute atomic E-state index is 12.9. The number of carbonyl (C=O) groups is 2. The fourth-order valence-electron chi connectivity index (χ4n) is 2.83. The first kappa shape index (κ1) is 17.8. The van der Waals surface area contributed by atoms with Gasteiger partial charge in [0.1, 0.15) is 5.75 Å². The minimum atomic E-state index is -0.635. The number of phenolic OH excluding ortho intramolecular Hbond substituents is 1. The summed E-state index contributed by atoms with van der Waals surface area (Å²) < 4.78 is 0. The molecule has 0 fully saturated rings. The van der Waals surface area contributed by atoms with E-state index in [1.165, 1.54) is 12.1 Å². The van der Waals surface area contributed by atoms with Gasteiger partial charge in [-0.05, 0) is 49.2 Å². The average Bonchev–Trinajstić information content (AvgIpc) is 2.58. The van der Waals surface area contributed by atoms with Crippen LogP contribution in [-0.4, -0.2) is 17.0 Å². The number of urea groups is 1.